The molecule has 0 saturated carbocycles. The minimum Gasteiger partial charge on any atom is -0.326 e. The number of nitrogens with zero attached hydrogens (tertiary/aromatic N) is 2. The van der Waals surface area contributed by atoms with E-state index >= 15 is 0 Å². The molecule has 0 fully saturated rings. The molecule has 0 aliphatic heterocycles. The first-order valence-electron chi connectivity index (χ1n) is 11.3. The topological polar surface area (TPSA) is 96.0 Å². The maximum Gasteiger partial charge on any atom is 0.319 e. The molecule has 4 aromatic rings. The van der Waals surface area contributed by atoms with Crippen LogP contribution in [0.15, 0.2) is 72.8 Å². The molecule has 0 radical (unpaired) electrons. The van der Waals surface area contributed by atoms with Gasteiger partial charge in [0.1, 0.15) is 11.0 Å². The Morgan fingerprint density at radius 2 is 1.60 bits per heavy atom. The molecule has 0 spiro atoms. The number of urea groups is 1. The van der Waals surface area contributed by atoms with Crippen molar-refractivity contribution in [2.45, 2.75) is 33.2 Å². The van der Waals surface area contributed by atoms with Gasteiger partial charge in [0, 0.05) is 17.7 Å². The maximum absolute atomic E-state index is 13.2. The van der Waals surface area contributed by atoms with Gasteiger partial charge < -0.3 is 10.6 Å². The second-order valence-corrected chi connectivity index (χ2v) is 9.33. The predicted octanol–water partition coefficient (Wildman–Crippen LogP) is 5.50. The third-order valence-corrected chi connectivity index (χ3v) is 6.60. The quantitative estimate of drug-likeness (QED) is 0.322. The zero-order valence-corrected chi connectivity index (χ0v) is 20.6. The minimum absolute atomic E-state index is 0.330. The summed E-state index contributed by atoms with van der Waals surface area (Å²) in [5.41, 5.74) is 5.76. The molecule has 3 aromatic carbocycles. The van der Waals surface area contributed by atoms with Crippen LogP contribution < -0.4 is 16.0 Å². The third kappa shape index (κ3) is 6.30. The summed E-state index contributed by atoms with van der Waals surface area (Å²) < 4.78 is 0. The normalized spacial score (nSPS) is 11.5. The summed E-state index contributed by atoms with van der Waals surface area (Å²) in [5, 5.41) is 17.9. The number of hydrogen-bond acceptors (Lipinski definition) is 5. The van der Waals surface area contributed by atoms with Crippen LogP contribution in [-0.2, 0) is 11.2 Å². The van der Waals surface area contributed by atoms with Gasteiger partial charge in [-0.3, -0.25) is 10.1 Å². The van der Waals surface area contributed by atoms with Gasteiger partial charge >= 0.3 is 6.03 Å². The van der Waals surface area contributed by atoms with Crippen LogP contribution in [0.25, 0.3) is 10.6 Å². The molecule has 3 N–H and O–H groups in total. The van der Waals surface area contributed by atoms with Gasteiger partial charge in [0.15, 0.2) is 0 Å². The smallest absolute Gasteiger partial charge is 0.319 e. The molecule has 1 heterocycles. The molecule has 1 aromatic heterocycles. The summed E-state index contributed by atoms with van der Waals surface area (Å²) in [4.78, 5) is 26.0. The van der Waals surface area contributed by atoms with E-state index in [1.807, 2.05) is 93.6 Å². The number of nitrogens with one attached hydrogen (secondary N) is 3. The van der Waals surface area contributed by atoms with Crippen molar-refractivity contribution in [2.75, 3.05) is 10.6 Å². The van der Waals surface area contributed by atoms with E-state index < -0.39 is 12.1 Å². The van der Waals surface area contributed by atoms with Crippen LogP contribution in [0, 0.1) is 20.8 Å². The second-order valence-electron chi connectivity index (χ2n) is 8.36. The number of benzene rings is 3. The molecule has 0 bridgehead atoms. The van der Waals surface area contributed by atoms with Gasteiger partial charge in [0.05, 0.1) is 0 Å². The Labute approximate surface area is 208 Å². The largest absolute Gasteiger partial charge is 0.326 e. The first-order chi connectivity index (χ1) is 16.9. The standard InChI is InChI=1S/C27H27N5O2S/c1-17-12-14-21(15-13-17)25-31-32-27(35-25)30-24(33)23(16-20-9-5-4-6-10-20)29-26(34)28-22-11-7-8-18(2)19(22)3/h4-15,23H,16H2,1-3H3,(H2,28,29,34)(H,30,32,33)/t23-/m0/s1. The fourth-order valence-electron chi connectivity index (χ4n) is 3.54. The second kappa shape index (κ2) is 10.9. The van der Waals surface area contributed by atoms with E-state index in [9.17, 15) is 9.59 Å². The molecule has 4 rings (SSSR count). The highest BCUT2D eigenvalue weighted by Gasteiger charge is 2.23. The monoisotopic (exact) mass is 485 g/mol. The van der Waals surface area contributed by atoms with Gasteiger partial charge in [-0.2, -0.15) is 0 Å². The summed E-state index contributed by atoms with van der Waals surface area (Å²) >= 11 is 1.29. The molecule has 7 nitrogen and oxygen atoms in total. The van der Waals surface area contributed by atoms with Crippen LogP contribution in [0.2, 0.25) is 0 Å². The number of carbonyl (C=O) groups excluding carboxylic acids is 2. The lowest BCUT2D eigenvalue weighted by Crippen LogP contribution is -2.47. The van der Waals surface area contributed by atoms with Gasteiger partial charge in [-0.15, -0.1) is 10.2 Å². The van der Waals surface area contributed by atoms with E-state index in [2.05, 4.69) is 26.1 Å². The highest BCUT2D eigenvalue weighted by Crippen LogP contribution is 2.26. The summed E-state index contributed by atoms with van der Waals surface area (Å²) in [5.74, 6) is -0.364. The lowest BCUT2D eigenvalue weighted by Gasteiger charge is -2.19. The van der Waals surface area contributed by atoms with Crippen molar-refractivity contribution >= 4 is 34.1 Å². The van der Waals surface area contributed by atoms with E-state index in [1.165, 1.54) is 11.3 Å². The Morgan fingerprint density at radius 3 is 2.34 bits per heavy atom. The summed E-state index contributed by atoms with van der Waals surface area (Å²) in [6.45, 7) is 5.95. The summed E-state index contributed by atoms with van der Waals surface area (Å²) in [7, 11) is 0. The molecule has 1 atom stereocenters. The number of aryl methyl sites for hydroxylation is 2. The molecule has 0 unspecified atom stereocenters. The number of aromatic nitrogens is 2. The van der Waals surface area contributed by atoms with Crippen molar-refractivity contribution in [1.29, 1.82) is 0 Å². The van der Waals surface area contributed by atoms with Gasteiger partial charge in [0.2, 0.25) is 11.0 Å². The average molecular weight is 486 g/mol. The molecule has 0 aliphatic carbocycles. The first-order valence-corrected chi connectivity index (χ1v) is 12.1. The Bertz CT molecular complexity index is 1320. The molecule has 178 valence electrons. The van der Waals surface area contributed by atoms with E-state index in [-0.39, 0.29) is 5.91 Å². The van der Waals surface area contributed by atoms with Crippen LogP contribution >= 0.6 is 11.3 Å². The van der Waals surface area contributed by atoms with Crippen LogP contribution in [0.3, 0.4) is 0 Å². The molecule has 0 aliphatic rings. The van der Waals surface area contributed by atoms with Crippen molar-refractivity contribution < 1.29 is 9.59 Å². The number of rotatable bonds is 7. The molecular weight excluding hydrogens is 458 g/mol. The molecule has 8 heteroatoms. The van der Waals surface area contributed by atoms with E-state index in [0.29, 0.717) is 22.2 Å². The molecular formula is C27H27N5O2S. The lowest BCUT2D eigenvalue weighted by atomic mass is 10.1. The summed E-state index contributed by atoms with van der Waals surface area (Å²) in [6.07, 6.45) is 0.330. The number of amides is 3. The van der Waals surface area contributed by atoms with Crippen molar-refractivity contribution in [2.24, 2.45) is 0 Å². The average Bonchev–Trinajstić information content (AvgIpc) is 3.31. The summed E-state index contributed by atoms with van der Waals surface area (Å²) in [6, 6.07) is 21.9. The van der Waals surface area contributed by atoms with Crippen molar-refractivity contribution in [3.63, 3.8) is 0 Å². The fourth-order valence-corrected chi connectivity index (χ4v) is 4.29. The molecule has 3 amide bonds. The fraction of sp³-hybridized carbons (Fsp3) is 0.185. The zero-order chi connectivity index (χ0) is 24.8. The van der Waals surface area contributed by atoms with Gasteiger partial charge in [0.25, 0.3) is 0 Å². The van der Waals surface area contributed by atoms with Crippen LogP contribution in [0.1, 0.15) is 22.3 Å². The molecule has 35 heavy (non-hydrogen) atoms. The van der Waals surface area contributed by atoms with Crippen LogP contribution in [-0.4, -0.2) is 28.2 Å². The Morgan fingerprint density at radius 1 is 0.857 bits per heavy atom. The van der Waals surface area contributed by atoms with Crippen LogP contribution in [0.4, 0.5) is 15.6 Å². The van der Waals surface area contributed by atoms with Crippen molar-refractivity contribution in [3.8, 4) is 10.6 Å². The number of hydrogen-bond donors (Lipinski definition) is 3. The Hall–Kier alpha value is -4.04. The minimum atomic E-state index is -0.811. The highest BCUT2D eigenvalue weighted by atomic mass is 32.1. The van der Waals surface area contributed by atoms with Gasteiger partial charge in [-0.1, -0.05) is 83.6 Å². The molecule has 0 saturated heterocycles. The predicted molar refractivity (Wildman–Crippen MR) is 141 cm³/mol. The van der Waals surface area contributed by atoms with E-state index in [0.717, 1.165) is 27.8 Å². The lowest BCUT2D eigenvalue weighted by molar-refractivity contribution is -0.117. The number of anilines is 2. The SMILES string of the molecule is Cc1ccc(-c2nnc(NC(=O)[C@H](Cc3ccccc3)NC(=O)Nc3cccc(C)c3C)s2)cc1. The number of carbonyl (C=O) groups is 2. The van der Waals surface area contributed by atoms with E-state index in [1.54, 1.807) is 0 Å². The van der Waals surface area contributed by atoms with Crippen molar-refractivity contribution in [3.05, 3.63) is 95.1 Å². The zero-order valence-electron chi connectivity index (χ0n) is 19.8. The van der Waals surface area contributed by atoms with Crippen molar-refractivity contribution in [1.82, 2.24) is 15.5 Å². The first kappa shape index (κ1) is 24.1. The highest BCUT2D eigenvalue weighted by molar-refractivity contribution is 7.18. The third-order valence-electron chi connectivity index (χ3n) is 5.71. The van der Waals surface area contributed by atoms with Gasteiger partial charge in [-0.05, 0) is 43.5 Å². The van der Waals surface area contributed by atoms with Crippen LogP contribution in [0.5, 0.6) is 0 Å². The Balaban J connectivity index is 1.48. The maximum atomic E-state index is 13.2. The van der Waals surface area contributed by atoms with Gasteiger partial charge in [-0.25, -0.2) is 4.79 Å². The Kier molecular flexibility index (Phi) is 7.52. The van der Waals surface area contributed by atoms with E-state index in [4.69, 9.17) is 0 Å².